The number of urea groups is 1. The lowest BCUT2D eigenvalue weighted by molar-refractivity contribution is -0.142. The third-order valence-corrected chi connectivity index (χ3v) is 11.7. The van der Waals surface area contributed by atoms with E-state index in [0.29, 0.717) is 57.9 Å². The number of fused-ring (bicyclic) bond motifs is 2. The minimum atomic E-state index is -0.904. The first-order valence-corrected chi connectivity index (χ1v) is 17.7. The van der Waals surface area contributed by atoms with E-state index in [1.54, 1.807) is 22.4 Å². The highest BCUT2D eigenvalue weighted by Crippen LogP contribution is 2.34. The van der Waals surface area contributed by atoms with Crippen LogP contribution < -0.4 is 5.32 Å². The van der Waals surface area contributed by atoms with Crippen LogP contribution in [0.3, 0.4) is 0 Å². The van der Waals surface area contributed by atoms with Gasteiger partial charge in [0.2, 0.25) is 0 Å². The van der Waals surface area contributed by atoms with Crippen LogP contribution in [0.2, 0.25) is 0 Å². The van der Waals surface area contributed by atoms with E-state index in [-0.39, 0.29) is 18.0 Å². The fourth-order valence-electron chi connectivity index (χ4n) is 7.96. The van der Waals surface area contributed by atoms with E-state index in [4.69, 9.17) is 4.74 Å². The number of aromatic amines is 1. The maximum atomic E-state index is 14.1. The van der Waals surface area contributed by atoms with Gasteiger partial charge in [0, 0.05) is 48.9 Å². The van der Waals surface area contributed by atoms with Crippen LogP contribution in [0.15, 0.2) is 29.8 Å². The van der Waals surface area contributed by atoms with Crippen molar-refractivity contribution < 1.29 is 19.1 Å². The van der Waals surface area contributed by atoms with Crippen LogP contribution in [-0.4, -0.2) is 106 Å². The first-order chi connectivity index (χ1) is 22.3. The van der Waals surface area contributed by atoms with Gasteiger partial charge in [0.1, 0.15) is 0 Å². The molecule has 7 rings (SSSR count). The van der Waals surface area contributed by atoms with Crippen LogP contribution in [0.1, 0.15) is 54.5 Å². The van der Waals surface area contributed by atoms with Gasteiger partial charge in [0.05, 0.1) is 23.9 Å². The maximum absolute atomic E-state index is 14.1. The van der Waals surface area contributed by atoms with Gasteiger partial charge in [-0.2, -0.15) is 5.10 Å². The third kappa shape index (κ3) is 6.46. The highest BCUT2D eigenvalue weighted by Gasteiger charge is 2.37. The molecule has 0 radical (unpaired) electrons. The number of aryl methyl sites for hydroxylation is 1. The van der Waals surface area contributed by atoms with Crippen molar-refractivity contribution in [2.75, 3.05) is 51.6 Å². The number of likely N-dealkylation sites (tertiary alicyclic amines) is 3. The first-order valence-electron chi connectivity index (χ1n) is 16.8. The van der Waals surface area contributed by atoms with E-state index in [1.165, 1.54) is 12.8 Å². The summed E-state index contributed by atoms with van der Waals surface area (Å²) in [5, 5.41) is 13.2. The lowest BCUT2D eigenvalue weighted by atomic mass is 9.79. The number of benzene rings is 1. The molecule has 12 heteroatoms. The van der Waals surface area contributed by atoms with Gasteiger partial charge in [-0.15, -0.1) is 11.3 Å². The standard InChI is InChI=1S/C34H45N7O4S/c1-22-17-23(18-26-20-35-37-31(22)26)19-29(32(42)39-12-5-25(6-13-39)24-3-10-38(2)11-4-24)45-34(44)40-14-7-27(8-15-40)41-21-30-28(9-16-46-30)36-33(41)43/h9,16-18,20,24-25,27,29H,3-8,10-15,19,21H2,1-2H3,(H,35,37)(H,36,43)/t29-/m1/s1. The molecule has 4 aliphatic rings. The molecule has 46 heavy (non-hydrogen) atoms. The summed E-state index contributed by atoms with van der Waals surface area (Å²) in [6.07, 6.45) is 6.56. The molecule has 6 heterocycles. The summed E-state index contributed by atoms with van der Waals surface area (Å²) in [5.74, 6) is 1.28. The third-order valence-electron chi connectivity index (χ3n) is 10.8. The van der Waals surface area contributed by atoms with Crippen molar-refractivity contribution in [1.29, 1.82) is 0 Å². The SMILES string of the molecule is Cc1cc(C[C@@H](OC(=O)N2CCC(N3Cc4sccc4NC3=O)CC2)C(=O)N2CCC(C3CCN(C)CC3)CC2)cc2cn[nH]c12. The number of carbonyl (C=O) groups excluding carboxylic acids is 3. The minimum Gasteiger partial charge on any atom is -0.436 e. The number of thiophene rings is 1. The van der Waals surface area contributed by atoms with Crippen LogP contribution in [0.4, 0.5) is 15.3 Å². The molecular weight excluding hydrogens is 602 g/mol. The van der Waals surface area contributed by atoms with Crippen LogP contribution >= 0.6 is 11.3 Å². The fraction of sp³-hybridized carbons (Fsp3) is 0.588. The number of anilines is 1. The second-order valence-corrected chi connectivity index (χ2v) is 14.7. The molecule has 0 aliphatic carbocycles. The number of hydrogen-bond acceptors (Lipinski definition) is 7. The summed E-state index contributed by atoms with van der Waals surface area (Å²) in [4.78, 5) is 49.5. The Balaban J connectivity index is 1.00. The van der Waals surface area contributed by atoms with Gasteiger partial charge in [0.25, 0.3) is 5.91 Å². The van der Waals surface area contributed by atoms with Crippen molar-refractivity contribution in [1.82, 2.24) is 29.8 Å². The highest BCUT2D eigenvalue weighted by atomic mass is 32.1. The van der Waals surface area contributed by atoms with Crippen molar-refractivity contribution in [3.63, 3.8) is 0 Å². The molecule has 2 N–H and O–H groups in total. The van der Waals surface area contributed by atoms with Crippen molar-refractivity contribution in [3.8, 4) is 0 Å². The summed E-state index contributed by atoms with van der Waals surface area (Å²) < 4.78 is 6.11. The Kier molecular flexibility index (Phi) is 8.91. The number of rotatable bonds is 6. The Bertz CT molecular complexity index is 1560. The molecule has 246 valence electrons. The van der Waals surface area contributed by atoms with Crippen molar-refractivity contribution >= 4 is 46.0 Å². The molecule has 3 saturated heterocycles. The molecule has 0 saturated carbocycles. The second-order valence-electron chi connectivity index (χ2n) is 13.7. The van der Waals surface area contributed by atoms with Crippen molar-refractivity contribution in [3.05, 3.63) is 45.8 Å². The topological polar surface area (TPSA) is 114 Å². The summed E-state index contributed by atoms with van der Waals surface area (Å²) in [6, 6.07) is 5.99. The number of aromatic nitrogens is 2. The predicted octanol–water partition coefficient (Wildman–Crippen LogP) is 5.07. The molecule has 0 unspecified atom stereocenters. The van der Waals surface area contributed by atoms with E-state index >= 15 is 0 Å². The normalized spacial score (nSPS) is 21.3. The molecule has 2 aromatic heterocycles. The van der Waals surface area contributed by atoms with Gasteiger partial charge < -0.3 is 29.7 Å². The average Bonchev–Trinajstić information content (AvgIpc) is 3.74. The Morgan fingerprint density at radius 2 is 1.70 bits per heavy atom. The van der Waals surface area contributed by atoms with Gasteiger partial charge in [-0.1, -0.05) is 6.07 Å². The lowest BCUT2D eigenvalue weighted by Crippen LogP contribution is -2.52. The van der Waals surface area contributed by atoms with Crippen LogP contribution in [0.5, 0.6) is 0 Å². The summed E-state index contributed by atoms with van der Waals surface area (Å²) >= 11 is 1.65. The number of nitrogens with one attached hydrogen (secondary N) is 2. The van der Waals surface area contributed by atoms with Crippen LogP contribution in [0.25, 0.3) is 10.9 Å². The maximum Gasteiger partial charge on any atom is 0.410 e. The van der Waals surface area contributed by atoms with Gasteiger partial charge in [-0.05, 0) is 106 Å². The van der Waals surface area contributed by atoms with Crippen molar-refractivity contribution in [2.24, 2.45) is 11.8 Å². The molecular formula is C34H45N7O4S. The Morgan fingerprint density at radius 3 is 2.43 bits per heavy atom. The zero-order valence-corrected chi connectivity index (χ0v) is 27.7. The van der Waals surface area contributed by atoms with Crippen LogP contribution in [0, 0.1) is 18.8 Å². The highest BCUT2D eigenvalue weighted by molar-refractivity contribution is 7.10. The van der Waals surface area contributed by atoms with E-state index in [2.05, 4.69) is 33.5 Å². The van der Waals surface area contributed by atoms with Crippen LogP contribution in [-0.2, 0) is 22.5 Å². The summed E-state index contributed by atoms with van der Waals surface area (Å²) in [5.41, 5.74) is 3.86. The van der Waals surface area contributed by atoms with Gasteiger partial charge in [-0.3, -0.25) is 9.89 Å². The second kappa shape index (κ2) is 13.2. The lowest BCUT2D eigenvalue weighted by Gasteiger charge is -2.41. The Labute approximate surface area is 274 Å². The number of carbonyl (C=O) groups is 3. The molecule has 3 fully saturated rings. The fourth-order valence-corrected chi connectivity index (χ4v) is 8.79. The summed E-state index contributed by atoms with van der Waals surface area (Å²) in [7, 11) is 2.19. The first kappa shape index (κ1) is 31.0. The van der Waals surface area contributed by atoms with E-state index < -0.39 is 12.2 Å². The number of ether oxygens (including phenoxy) is 1. The molecule has 4 amide bonds. The molecule has 4 aliphatic heterocycles. The number of piperidine rings is 3. The molecule has 3 aromatic rings. The van der Waals surface area contributed by atoms with Crippen molar-refractivity contribution in [2.45, 2.75) is 70.6 Å². The summed E-state index contributed by atoms with van der Waals surface area (Å²) in [6.45, 7) is 7.30. The Hall–Kier alpha value is -3.64. The van der Waals surface area contributed by atoms with E-state index in [1.807, 2.05) is 34.2 Å². The molecule has 11 nitrogen and oxygen atoms in total. The molecule has 0 bridgehead atoms. The minimum absolute atomic E-state index is 0.0484. The Morgan fingerprint density at radius 1 is 1.00 bits per heavy atom. The smallest absolute Gasteiger partial charge is 0.410 e. The zero-order valence-electron chi connectivity index (χ0n) is 26.9. The largest absolute Gasteiger partial charge is 0.436 e. The monoisotopic (exact) mass is 647 g/mol. The molecule has 0 spiro atoms. The van der Waals surface area contributed by atoms with Gasteiger partial charge in [0.15, 0.2) is 6.10 Å². The van der Waals surface area contributed by atoms with E-state index in [0.717, 1.165) is 64.4 Å². The molecule has 1 atom stereocenters. The average molecular weight is 648 g/mol. The number of amides is 4. The van der Waals surface area contributed by atoms with Gasteiger partial charge >= 0.3 is 12.1 Å². The number of nitrogens with zero attached hydrogens (tertiary/aromatic N) is 5. The zero-order chi connectivity index (χ0) is 31.8. The van der Waals surface area contributed by atoms with E-state index in [9.17, 15) is 14.4 Å². The number of H-pyrrole nitrogens is 1. The number of hydrogen-bond donors (Lipinski definition) is 2. The van der Waals surface area contributed by atoms with Gasteiger partial charge in [-0.25, -0.2) is 9.59 Å². The molecule has 1 aromatic carbocycles. The quantitative estimate of drug-likeness (QED) is 0.386. The predicted molar refractivity (Wildman–Crippen MR) is 178 cm³/mol.